The molecule has 0 saturated heterocycles. The van der Waals surface area contributed by atoms with E-state index in [0.29, 0.717) is 5.82 Å². The fourth-order valence-electron chi connectivity index (χ4n) is 2.19. The molecule has 0 radical (unpaired) electrons. The van der Waals surface area contributed by atoms with E-state index in [9.17, 15) is 0 Å². The Morgan fingerprint density at radius 2 is 1.78 bits per heavy atom. The first-order valence-corrected chi connectivity index (χ1v) is 5.67. The highest BCUT2D eigenvalue weighted by molar-refractivity contribution is 5.95. The normalized spacial score (nSPS) is 10.7. The first-order chi connectivity index (χ1) is 8.77. The molecule has 0 bridgehead atoms. The van der Waals surface area contributed by atoms with Crippen LogP contribution in [-0.4, -0.2) is 15.0 Å². The van der Waals surface area contributed by atoms with Gasteiger partial charge < -0.3 is 5.73 Å². The van der Waals surface area contributed by atoms with Gasteiger partial charge in [0.05, 0.1) is 5.52 Å². The van der Waals surface area contributed by atoms with E-state index in [2.05, 4.69) is 21.0 Å². The zero-order valence-electron chi connectivity index (χ0n) is 9.96. The van der Waals surface area contributed by atoms with E-state index in [1.165, 1.54) is 6.33 Å². The van der Waals surface area contributed by atoms with Gasteiger partial charge in [-0.1, -0.05) is 6.07 Å². The highest BCUT2D eigenvalue weighted by Crippen LogP contribution is 2.30. The second-order valence-electron chi connectivity index (χ2n) is 4.13. The summed E-state index contributed by atoms with van der Waals surface area (Å²) in [7, 11) is 0. The maximum atomic E-state index is 5.94. The minimum absolute atomic E-state index is 0.522. The summed E-state index contributed by atoms with van der Waals surface area (Å²) in [5.74, 6) is 0.522. The number of rotatable bonds is 1. The Kier molecular flexibility index (Phi) is 2.41. The molecule has 3 rings (SSSR count). The largest absolute Gasteiger partial charge is 0.383 e. The molecule has 18 heavy (non-hydrogen) atoms. The van der Waals surface area contributed by atoms with Crippen LogP contribution in [-0.2, 0) is 0 Å². The van der Waals surface area contributed by atoms with Gasteiger partial charge in [-0.3, -0.25) is 4.98 Å². The standard InChI is InChI=1S/C14H12N4/c1-9-11(10-4-6-16-7-5-10)2-3-12-13(9)14(15)18-8-17-12/h2-8H,1H3,(H2,15,17,18). The number of anilines is 1. The molecule has 2 aromatic heterocycles. The third kappa shape index (κ3) is 1.59. The Hall–Kier alpha value is -2.49. The SMILES string of the molecule is Cc1c(-c2ccncc2)ccc2ncnc(N)c12. The molecule has 0 saturated carbocycles. The molecule has 0 spiro atoms. The summed E-state index contributed by atoms with van der Waals surface area (Å²) in [4.78, 5) is 12.3. The number of nitrogen functional groups attached to an aromatic ring is 1. The first-order valence-electron chi connectivity index (χ1n) is 5.67. The van der Waals surface area contributed by atoms with Gasteiger partial charge in [0.15, 0.2) is 0 Å². The number of aromatic nitrogens is 3. The zero-order valence-corrected chi connectivity index (χ0v) is 9.96. The Bertz CT molecular complexity index is 708. The number of nitrogens with two attached hydrogens (primary N) is 1. The molecule has 2 heterocycles. The molecule has 3 aromatic rings. The van der Waals surface area contributed by atoms with Crippen LogP contribution in [0.2, 0.25) is 0 Å². The Labute approximate surface area is 105 Å². The van der Waals surface area contributed by atoms with E-state index in [1.807, 2.05) is 25.1 Å². The van der Waals surface area contributed by atoms with Crippen LogP contribution < -0.4 is 5.73 Å². The quantitative estimate of drug-likeness (QED) is 0.705. The van der Waals surface area contributed by atoms with E-state index < -0.39 is 0 Å². The van der Waals surface area contributed by atoms with Gasteiger partial charge in [-0.05, 0) is 41.8 Å². The van der Waals surface area contributed by atoms with Crippen LogP contribution in [0.25, 0.3) is 22.0 Å². The number of benzene rings is 1. The molecule has 88 valence electrons. The van der Waals surface area contributed by atoms with Crippen molar-refractivity contribution in [2.24, 2.45) is 0 Å². The van der Waals surface area contributed by atoms with E-state index >= 15 is 0 Å². The first kappa shape index (κ1) is 10.7. The van der Waals surface area contributed by atoms with Gasteiger partial charge in [0.1, 0.15) is 12.1 Å². The zero-order chi connectivity index (χ0) is 12.5. The van der Waals surface area contributed by atoms with Crippen molar-refractivity contribution in [2.45, 2.75) is 6.92 Å². The molecule has 0 unspecified atom stereocenters. The second-order valence-corrected chi connectivity index (χ2v) is 4.13. The number of pyridine rings is 1. The third-order valence-electron chi connectivity index (χ3n) is 3.08. The predicted octanol–water partition coefficient (Wildman–Crippen LogP) is 2.58. The molecule has 0 atom stereocenters. The van der Waals surface area contributed by atoms with Crippen molar-refractivity contribution < 1.29 is 0 Å². The Morgan fingerprint density at radius 3 is 2.56 bits per heavy atom. The smallest absolute Gasteiger partial charge is 0.134 e. The molecule has 0 fully saturated rings. The minimum Gasteiger partial charge on any atom is -0.383 e. The van der Waals surface area contributed by atoms with Gasteiger partial charge in [0, 0.05) is 17.8 Å². The fourth-order valence-corrected chi connectivity index (χ4v) is 2.19. The summed E-state index contributed by atoms with van der Waals surface area (Å²) in [6.07, 6.45) is 5.05. The highest BCUT2D eigenvalue weighted by atomic mass is 14.9. The number of fused-ring (bicyclic) bond motifs is 1. The topological polar surface area (TPSA) is 64.7 Å². The van der Waals surface area contributed by atoms with E-state index in [4.69, 9.17) is 5.73 Å². The lowest BCUT2D eigenvalue weighted by Crippen LogP contribution is -1.96. The molecule has 0 aliphatic heterocycles. The average molecular weight is 236 g/mol. The van der Waals surface area contributed by atoms with Gasteiger partial charge in [-0.2, -0.15) is 0 Å². The van der Waals surface area contributed by atoms with Gasteiger partial charge in [-0.15, -0.1) is 0 Å². The monoisotopic (exact) mass is 236 g/mol. The van der Waals surface area contributed by atoms with Crippen molar-refractivity contribution in [3.05, 3.63) is 48.5 Å². The van der Waals surface area contributed by atoms with Crippen molar-refractivity contribution in [1.29, 1.82) is 0 Å². The molecular formula is C14H12N4. The highest BCUT2D eigenvalue weighted by Gasteiger charge is 2.09. The number of hydrogen-bond acceptors (Lipinski definition) is 4. The molecule has 4 heteroatoms. The summed E-state index contributed by atoms with van der Waals surface area (Å²) in [6, 6.07) is 7.98. The van der Waals surface area contributed by atoms with Crippen LogP contribution in [0.15, 0.2) is 43.0 Å². The van der Waals surface area contributed by atoms with Crippen molar-refractivity contribution >= 4 is 16.7 Å². The summed E-state index contributed by atoms with van der Waals surface area (Å²) in [5, 5.41) is 0.923. The van der Waals surface area contributed by atoms with Crippen LogP contribution >= 0.6 is 0 Å². The van der Waals surface area contributed by atoms with Crippen molar-refractivity contribution in [2.75, 3.05) is 5.73 Å². The van der Waals surface area contributed by atoms with Crippen molar-refractivity contribution in [1.82, 2.24) is 15.0 Å². The summed E-state index contributed by atoms with van der Waals surface area (Å²) in [5.41, 5.74) is 10.2. The maximum Gasteiger partial charge on any atom is 0.134 e. The summed E-state index contributed by atoms with van der Waals surface area (Å²) in [6.45, 7) is 2.04. The predicted molar refractivity (Wildman–Crippen MR) is 71.9 cm³/mol. The molecule has 1 aromatic carbocycles. The van der Waals surface area contributed by atoms with Crippen LogP contribution in [0.4, 0.5) is 5.82 Å². The van der Waals surface area contributed by atoms with Crippen LogP contribution in [0.5, 0.6) is 0 Å². The van der Waals surface area contributed by atoms with E-state index in [1.54, 1.807) is 12.4 Å². The lowest BCUT2D eigenvalue weighted by molar-refractivity contribution is 1.22. The second kappa shape index (κ2) is 4.07. The number of hydrogen-bond donors (Lipinski definition) is 1. The van der Waals surface area contributed by atoms with Crippen molar-refractivity contribution in [3.63, 3.8) is 0 Å². The van der Waals surface area contributed by atoms with Crippen molar-refractivity contribution in [3.8, 4) is 11.1 Å². The molecular weight excluding hydrogens is 224 g/mol. The average Bonchev–Trinajstić information content (AvgIpc) is 2.40. The van der Waals surface area contributed by atoms with Gasteiger partial charge in [-0.25, -0.2) is 9.97 Å². The summed E-state index contributed by atoms with van der Waals surface area (Å²) >= 11 is 0. The maximum absolute atomic E-state index is 5.94. The Morgan fingerprint density at radius 1 is 1.00 bits per heavy atom. The number of nitrogens with zero attached hydrogens (tertiary/aromatic N) is 3. The molecule has 4 nitrogen and oxygen atoms in total. The van der Waals surface area contributed by atoms with Gasteiger partial charge in [0.2, 0.25) is 0 Å². The van der Waals surface area contributed by atoms with Crippen LogP contribution in [0, 0.1) is 6.92 Å². The molecule has 0 amide bonds. The van der Waals surface area contributed by atoms with Crippen LogP contribution in [0.1, 0.15) is 5.56 Å². The molecule has 0 aliphatic carbocycles. The van der Waals surface area contributed by atoms with E-state index in [-0.39, 0.29) is 0 Å². The van der Waals surface area contributed by atoms with Gasteiger partial charge in [0.25, 0.3) is 0 Å². The lowest BCUT2D eigenvalue weighted by Gasteiger charge is -2.10. The molecule has 0 aliphatic rings. The Balaban J connectivity index is 2.33. The minimum atomic E-state index is 0.522. The fraction of sp³-hybridized carbons (Fsp3) is 0.0714. The third-order valence-corrected chi connectivity index (χ3v) is 3.08. The molecule has 2 N–H and O–H groups in total. The van der Waals surface area contributed by atoms with E-state index in [0.717, 1.165) is 27.6 Å². The van der Waals surface area contributed by atoms with Gasteiger partial charge >= 0.3 is 0 Å². The van der Waals surface area contributed by atoms with Crippen LogP contribution in [0.3, 0.4) is 0 Å². The number of aryl methyl sites for hydroxylation is 1. The summed E-state index contributed by atoms with van der Waals surface area (Å²) < 4.78 is 0. The lowest BCUT2D eigenvalue weighted by atomic mass is 9.98.